The highest BCUT2D eigenvalue weighted by atomic mass is 32.1. The van der Waals surface area contributed by atoms with Gasteiger partial charge in [0, 0.05) is 61.6 Å². The minimum atomic E-state index is 1.14. The van der Waals surface area contributed by atoms with Crippen molar-refractivity contribution in [2.24, 2.45) is 0 Å². The summed E-state index contributed by atoms with van der Waals surface area (Å²) < 4.78 is 4.69. The summed E-state index contributed by atoms with van der Waals surface area (Å²) in [5.74, 6) is 0. The third-order valence-corrected chi connectivity index (χ3v) is 37.0. The summed E-state index contributed by atoms with van der Waals surface area (Å²) in [6.07, 6.45) is 109. The average molecular weight is 2050 g/mol. The Labute approximate surface area is 920 Å². The van der Waals surface area contributed by atoms with Gasteiger partial charge < -0.3 is 0 Å². The zero-order valence-electron chi connectivity index (χ0n) is 98.0. The molecule has 0 radical (unpaired) electrons. The number of rotatable bonds is 90. The molecule has 0 amide bonds. The largest absolute Gasteiger partial charge is 0.134 e. The first kappa shape index (κ1) is 123. The van der Waals surface area contributed by atoms with E-state index in [4.69, 9.17) is 0 Å². The third kappa shape index (κ3) is 44.3. The quantitative estimate of drug-likeness (QED) is 0.0333. The molecule has 0 N–H and O–H groups in total. The maximum Gasteiger partial charge on any atom is 0.0463 e. The number of fused-ring (bicyclic) bond motifs is 6. The summed E-state index contributed by atoms with van der Waals surface area (Å²) in [7, 11) is 0. The van der Waals surface area contributed by atoms with E-state index in [1.54, 1.807) is 114 Å². The molecule has 3 heterocycles. The number of thiophene rings is 3. The van der Waals surface area contributed by atoms with E-state index >= 15 is 0 Å². The molecule has 3 heteroatoms. The Morgan fingerprint density at radius 2 is 0.218 bits per heavy atom. The van der Waals surface area contributed by atoms with Gasteiger partial charge in [-0.15, -0.1) is 34.0 Å². The third-order valence-electron chi connectivity index (χ3n) is 33.2. The Bertz CT molecular complexity index is 4390. The van der Waals surface area contributed by atoms with Gasteiger partial charge in [-0.25, -0.2) is 0 Å². The van der Waals surface area contributed by atoms with Crippen molar-refractivity contribution in [2.45, 2.75) is 622 Å². The van der Waals surface area contributed by atoms with Crippen LogP contribution in [-0.4, -0.2) is 0 Å². The summed E-state index contributed by atoms with van der Waals surface area (Å²) in [4.78, 5) is 4.62. The molecule has 0 fully saturated rings. The Kier molecular flexibility index (Phi) is 63.8. The smallest absolute Gasteiger partial charge is 0.0463 e. The van der Waals surface area contributed by atoms with Gasteiger partial charge in [-0.05, 0) is 254 Å². The van der Waals surface area contributed by atoms with Crippen molar-refractivity contribution in [1.29, 1.82) is 0 Å². The van der Waals surface area contributed by atoms with Crippen LogP contribution in [-0.2, 0) is 77.0 Å². The highest BCUT2D eigenvalue weighted by Crippen LogP contribution is 2.62. The molecular formula is C144H222S3. The molecule has 147 heavy (non-hydrogen) atoms. The van der Waals surface area contributed by atoms with Gasteiger partial charge in [0.2, 0.25) is 0 Å². The Morgan fingerprint density at radius 3 is 0.333 bits per heavy atom. The van der Waals surface area contributed by atoms with E-state index in [0.717, 1.165) is 77.0 Å². The summed E-state index contributed by atoms with van der Waals surface area (Å²) in [6, 6.07) is 50.6. The van der Waals surface area contributed by atoms with Crippen molar-refractivity contribution in [2.75, 3.05) is 0 Å². The first-order valence-electron chi connectivity index (χ1n) is 64.8. The molecule has 0 saturated carbocycles. The van der Waals surface area contributed by atoms with Crippen LogP contribution in [0.1, 0.15) is 612 Å². The predicted octanol–water partition coefficient (Wildman–Crippen LogP) is 50.2. The lowest BCUT2D eigenvalue weighted by Gasteiger charge is -2.15. The van der Waals surface area contributed by atoms with Crippen molar-refractivity contribution in [1.82, 2.24) is 0 Å². The van der Waals surface area contributed by atoms with Crippen LogP contribution in [0, 0.1) is 0 Å². The maximum atomic E-state index is 2.85. The van der Waals surface area contributed by atoms with Crippen LogP contribution < -0.4 is 0 Å². The van der Waals surface area contributed by atoms with Crippen LogP contribution in [0.25, 0.3) is 95.0 Å². The maximum absolute atomic E-state index is 2.85. The number of hydrogen-bond donors (Lipinski definition) is 0. The second kappa shape index (κ2) is 76.1. The lowest BCUT2D eigenvalue weighted by molar-refractivity contribution is 0.605. The SMILES string of the molecule is CCCCCCCCc1cc(CCCCCCCC)cc(-c2sc3c(c2-c2cc(CCCCCCCC)cc(CCCCCCCC)c2)c2sc(-c4cc(CCCCCCCC)cc(CCCCCCCC)c4)c(-c4cc(CCCCCCCC)cc(CCCCCCCC)c4)c2c2sc(-c4cc(CCCCCCCC)cc(CCCCCCCC)c4)c(-c4cc(CCCCCCCC)cc(CCCCCCCC)c4)c32)c1. The fourth-order valence-corrected chi connectivity index (χ4v) is 28.7. The van der Waals surface area contributed by atoms with E-state index in [1.165, 1.54) is 510 Å². The van der Waals surface area contributed by atoms with E-state index in [1.807, 2.05) is 0 Å². The fourth-order valence-electron chi connectivity index (χ4n) is 24.4. The fraction of sp³-hybridized carbons (Fsp3) is 0.667. The van der Waals surface area contributed by atoms with Crippen molar-refractivity contribution in [3.05, 3.63) is 176 Å². The summed E-state index contributed by atoms with van der Waals surface area (Å²) in [6.45, 7) is 28.8. The first-order chi connectivity index (χ1) is 72.5. The summed E-state index contributed by atoms with van der Waals surface area (Å²) in [5, 5.41) is 4.72. The highest BCUT2D eigenvalue weighted by molar-refractivity contribution is 7.31. The second-order valence-corrected chi connectivity index (χ2v) is 50.0. The van der Waals surface area contributed by atoms with Gasteiger partial charge in [-0.3, -0.25) is 0 Å². The minimum Gasteiger partial charge on any atom is -0.134 e. The van der Waals surface area contributed by atoms with Crippen LogP contribution in [0.3, 0.4) is 0 Å². The molecule has 0 unspecified atom stereocenters. The Morgan fingerprint density at radius 1 is 0.116 bits per heavy atom. The van der Waals surface area contributed by atoms with Gasteiger partial charge in [0.1, 0.15) is 0 Å². The molecule has 0 bridgehead atoms. The highest BCUT2D eigenvalue weighted by Gasteiger charge is 2.33. The summed E-state index contributed by atoms with van der Waals surface area (Å²) in [5.41, 5.74) is 32.6. The van der Waals surface area contributed by atoms with Gasteiger partial charge >= 0.3 is 0 Å². The molecule has 0 saturated heterocycles. The monoisotopic (exact) mass is 2050 g/mol. The molecule has 0 aliphatic rings. The van der Waals surface area contributed by atoms with Crippen molar-refractivity contribution in [3.63, 3.8) is 0 Å². The Hall–Kier alpha value is -5.58. The topological polar surface area (TPSA) is 0 Å². The average Bonchev–Trinajstić information content (AvgIpc) is 1.52. The van der Waals surface area contributed by atoms with E-state index in [2.05, 4.69) is 226 Å². The molecule has 816 valence electrons. The van der Waals surface area contributed by atoms with Crippen LogP contribution in [0.5, 0.6) is 0 Å². The molecule has 10 aromatic rings. The van der Waals surface area contributed by atoms with Gasteiger partial charge in [-0.2, -0.15) is 0 Å². The molecule has 0 aliphatic carbocycles. The molecule has 0 aliphatic heterocycles. The molecular weight excluding hydrogens is 1830 g/mol. The van der Waals surface area contributed by atoms with Gasteiger partial charge in [-0.1, -0.05) is 578 Å². The predicted molar refractivity (Wildman–Crippen MR) is 670 cm³/mol. The van der Waals surface area contributed by atoms with Gasteiger partial charge in [0.15, 0.2) is 0 Å². The van der Waals surface area contributed by atoms with E-state index < -0.39 is 0 Å². The molecule has 3 aromatic heterocycles. The zero-order valence-corrected chi connectivity index (χ0v) is 100. The van der Waals surface area contributed by atoms with Crippen LogP contribution in [0.4, 0.5) is 0 Å². The summed E-state index contributed by atoms with van der Waals surface area (Å²) >= 11 is 6.87. The molecule has 0 nitrogen and oxygen atoms in total. The van der Waals surface area contributed by atoms with E-state index in [-0.39, 0.29) is 0 Å². The van der Waals surface area contributed by atoms with E-state index in [9.17, 15) is 0 Å². The van der Waals surface area contributed by atoms with E-state index in [0.29, 0.717) is 0 Å². The first-order valence-corrected chi connectivity index (χ1v) is 67.3. The number of unbranched alkanes of at least 4 members (excludes halogenated alkanes) is 60. The standard InChI is InChI=1S/C144H222S3/c1-13-25-37-49-61-73-85-115-97-116(86-74-62-50-38-26-14-2)104-127(103-115)133-136-142(145-139(133)130-109-121(91-79-67-55-43-31-19-7)100-122(110-130)92-80-68-56-44-32-20-8)137-134(128-105-117(87-75-63-51-39-27-15-3)98-118(106-128)88-76-64-52-40-28-16-4)141(132-113-125(95-83-71-59-47-35-23-11)102-126(114-132)96-84-72-60-48-36-24-12)147-144(137)138-135(129-107-119(89-77-65-53-41-29-17-5)99-120(108-129)90-78-66-54-42-30-18-6)140(146-143(136)138)131-111-123(93-81-69-57-45-33-21-9)101-124(112-131)94-82-70-58-46-34-22-10/h97-114H,13-96H2,1-12H3. The lowest BCUT2D eigenvalue weighted by atomic mass is 9.87. The molecule has 0 spiro atoms. The van der Waals surface area contributed by atoms with Crippen LogP contribution >= 0.6 is 34.0 Å². The van der Waals surface area contributed by atoms with Crippen LogP contribution in [0.2, 0.25) is 0 Å². The number of hydrogen-bond acceptors (Lipinski definition) is 3. The number of aryl methyl sites for hydroxylation is 12. The van der Waals surface area contributed by atoms with Crippen molar-refractivity contribution in [3.8, 4) is 64.7 Å². The normalized spacial score (nSPS) is 11.9. The van der Waals surface area contributed by atoms with Gasteiger partial charge in [0.05, 0.1) is 0 Å². The number of benzene rings is 7. The zero-order chi connectivity index (χ0) is 104. The van der Waals surface area contributed by atoms with Gasteiger partial charge in [0.25, 0.3) is 0 Å². The van der Waals surface area contributed by atoms with Crippen molar-refractivity contribution < 1.29 is 0 Å². The Balaban J connectivity index is 1.50. The molecule has 0 atom stereocenters. The lowest BCUT2D eigenvalue weighted by Crippen LogP contribution is -1.96. The molecule has 10 rings (SSSR count). The van der Waals surface area contributed by atoms with Crippen LogP contribution in [0.15, 0.2) is 109 Å². The minimum absolute atomic E-state index is 1.14. The molecule has 7 aromatic carbocycles. The van der Waals surface area contributed by atoms with Crippen molar-refractivity contribution >= 4 is 64.3 Å². The second-order valence-electron chi connectivity index (χ2n) is 47.0.